The monoisotopic (exact) mass is 395 g/mol. The van der Waals surface area contributed by atoms with Crippen molar-refractivity contribution in [2.24, 2.45) is 0 Å². The summed E-state index contributed by atoms with van der Waals surface area (Å²) in [4.78, 5) is 26.0. The molecule has 2 aromatic rings. The number of hydrogen-bond acceptors (Lipinski definition) is 6. The first-order valence-corrected chi connectivity index (χ1v) is 8.98. The van der Waals surface area contributed by atoms with Crippen molar-refractivity contribution in [1.29, 1.82) is 0 Å². The Morgan fingerprint density at radius 2 is 1.41 bits per heavy atom. The number of methoxy groups -OCH3 is 2. The highest BCUT2D eigenvalue weighted by atomic mass is 16.5. The van der Waals surface area contributed by atoms with Gasteiger partial charge in [-0.1, -0.05) is 24.3 Å². The fourth-order valence-electron chi connectivity index (χ4n) is 2.63. The largest absolute Gasteiger partial charge is 0.504 e. The number of anilines is 1. The molecule has 0 aliphatic rings. The number of carbonyl (C=O) groups excluding carboxylic acids is 2. The Labute approximate surface area is 170 Å². The number of ketones is 2. The normalized spacial score (nSPS) is 11.0. The van der Waals surface area contributed by atoms with E-state index in [1.807, 2.05) is 37.2 Å². The van der Waals surface area contributed by atoms with Gasteiger partial charge in [-0.15, -0.1) is 0 Å². The van der Waals surface area contributed by atoms with Crippen LogP contribution in [0.25, 0.3) is 12.2 Å². The summed E-state index contributed by atoms with van der Waals surface area (Å²) in [5.41, 5.74) is 2.42. The molecule has 0 aliphatic carbocycles. The second kappa shape index (κ2) is 10.1. The number of rotatable bonds is 9. The predicted octanol–water partition coefficient (Wildman–Crippen LogP) is 3.73. The lowest BCUT2D eigenvalue weighted by Gasteiger charge is -2.16. The quantitative estimate of drug-likeness (QED) is 0.515. The van der Waals surface area contributed by atoms with E-state index in [0.717, 1.165) is 11.3 Å². The van der Waals surface area contributed by atoms with Crippen LogP contribution in [-0.2, 0) is 9.59 Å². The molecule has 0 bridgehead atoms. The zero-order valence-corrected chi connectivity index (χ0v) is 17.0. The van der Waals surface area contributed by atoms with Crippen molar-refractivity contribution in [3.63, 3.8) is 0 Å². The first kappa shape index (κ1) is 21.8. The van der Waals surface area contributed by atoms with Gasteiger partial charge in [0.2, 0.25) is 0 Å². The first-order chi connectivity index (χ1) is 13.8. The summed E-state index contributed by atoms with van der Waals surface area (Å²) in [5.74, 6) is 0.430. The summed E-state index contributed by atoms with van der Waals surface area (Å²) in [6.07, 6.45) is 5.74. The van der Waals surface area contributed by atoms with E-state index < -0.39 is 0 Å². The molecule has 6 nitrogen and oxygen atoms in total. The lowest BCUT2D eigenvalue weighted by atomic mass is 10.1. The van der Waals surface area contributed by atoms with Gasteiger partial charge in [-0.05, 0) is 47.5 Å². The zero-order valence-electron chi connectivity index (χ0n) is 17.0. The topological polar surface area (TPSA) is 76.1 Å². The summed E-state index contributed by atoms with van der Waals surface area (Å²) in [6, 6.07) is 10.3. The van der Waals surface area contributed by atoms with Gasteiger partial charge in [0.15, 0.2) is 23.1 Å². The lowest BCUT2D eigenvalue weighted by Crippen LogP contribution is -2.10. The molecular weight excluding hydrogens is 370 g/mol. The second-order valence-electron chi connectivity index (χ2n) is 6.53. The number of phenols is 1. The van der Waals surface area contributed by atoms with Crippen LogP contribution in [0.4, 0.5) is 5.69 Å². The molecule has 0 radical (unpaired) electrons. The molecule has 0 heterocycles. The molecule has 6 heteroatoms. The molecule has 1 N–H and O–H groups in total. The number of allylic oxidation sites excluding steroid dienone is 2. The van der Waals surface area contributed by atoms with Crippen molar-refractivity contribution in [2.75, 3.05) is 33.2 Å². The number of nitrogens with zero attached hydrogens (tertiary/aromatic N) is 1. The SMILES string of the molecule is COc1cc(/C=C/C(=O)CC(=O)/C=C/c2ccc(N(C)C)c(OC)c2)ccc1O. The Morgan fingerprint density at radius 3 is 1.93 bits per heavy atom. The summed E-state index contributed by atoms with van der Waals surface area (Å²) in [7, 11) is 6.88. The summed E-state index contributed by atoms with van der Waals surface area (Å²) in [5, 5.41) is 9.58. The van der Waals surface area contributed by atoms with Crippen LogP contribution < -0.4 is 14.4 Å². The van der Waals surface area contributed by atoms with Crippen LogP contribution in [0.1, 0.15) is 17.5 Å². The Hall–Kier alpha value is -3.54. The maximum Gasteiger partial charge on any atom is 0.163 e. The molecule has 0 aliphatic heterocycles. The fraction of sp³-hybridized carbons (Fsp3) is 0.217. The van der Waals surface area contributed by atoms with E-state index in [2.05, 4.69) is 0 Å². The molecule has 0 fully saturated rings. The van der Waals surface area contributed by atoms with E-state index in [1.54, 1.807) is 31.4 Å². The minimum atomic E-state index is -0.313. The summed E-state index contributed by atoms with van der Waals surface area (Å²) < 4.78 is 10.4. The van der Waals surface area contributed by atoms with Gasteiger partial charge >= 0.3 is 0 Å². The Balaban J connectivity index is 1.98. The van der Waals surface area contributed by atoms with Crippen molar-refractivity contribution in [2.45, 2.75) is 6.42 Å². The maximum atomic E-state index is 12.1. The van der Waals surface area contributed by atoms with E-state index in [-0.39, 0.29) is 23.7 Å². The van der Waals surface area contributed by atoms with Crippen molar-refractivity contribution in [1.82, 2.24) is 0 Å². The standard InChI is InChI=1S/C23H25NO5/c1-24(2)20-11-7-16(13-22(20)28-3)5-9-18(25)15-19(26)10-6-17-8-12-21(27)23(14-17)29-4/h5-14,27H,15H2,1-4H3/b9-5+,10-6+. The fourth-order valence-corrected chi connectivity index (χ4v) is 2.63. The minimum Gasteiger partial charge on any atom is -0.504 e. The first-order valence-electron chi connectivity index (χ1n) is 8.98. The van der Waals surface area contributed by atoms with Crippen LogP contribution in [0, 0.1) is 0 Å². The van der Waals surface area contributed by atoms with Gasteiger partial charge in [-0.25, -0.2) is 0 Å². The lowest BCUT2D eigenvalue weighted by molar-refractivity contribution is -0.121. The van der Waals surface area contributed by atoms with Gasteiger partial charge in [-0.3, -0.25) is 9.59 Å². The van der Waals surface area contributed by atoms with Gasteiger partial charge in [0, 0.05) is 14.1 Å². The molecule has 2 aromatic carbocycles. The molecule has 0 atom stereocenters. The van der Waals surface area contributed by atoms with Crippen LogP contribution in [0.3, 0.4) is 0 Å². The maximum absolute atomic E-state index is 12.1. The number of ether oxygens (including phenoxy) is 2. The summed E-state index contributed by atoms with van der Waals surface area (Å²) in [6.45, 7) is 0. The smallest absolute Gasteiger partial charge is 0.163 e. The average Bonchev–Trinajstić information content (AvgIpc) is 2.71. The van der Waals surface area contributed by atoms with E-state index >= 15 is 0 Å². The second-order valence-corrected chi connectivity index (χ2v) is 6.53. The third-order valence-corrected chi connectivity index (χ3v) is 4.16. The van der Waals surface area contributed by atoms with Crippen LogP contribution in [0.15, 0.2) is 48.6 Å². The van der Waals surface area contributed by atoms with Crippen molar-refractivity contribution >= 4 is 29.4 Å². The van der Waals surface area contributed by atoms with Gasteiger partial charge in [0.1, 0.15) is 5.75 Å². The van der Waals surface area contributed by atoms with E-state index in [0.29, 0.717) is 17.1 Å². The van der Waals surface area contributed by atoms with Crippen LogP contribution in [0.5, 0.6) is 17.2 Å². The molecule has 0 saturated carbocycles. The molecule has 29 heavy (non-hydrogen) atoms. The molecule has 152 valence electrons. The van der Waals surface area contributed by atoms with Gasteiger partial charge < -0.3 is 19.5 Å². The predicted molar refractivity (Wildman–Crippen MR) is 115 cm³/mol. The Kier molecular flexibility index (Phi) is 7.60. The van der Waals surface area contributed by atoms with Crippen LogP contribution in [-0.4, -0.2) is 45.0 Å². The molecule has 0 saturated heterocycles. The molecule has 0 spiro atoms. The van der Waals surface area contributed by atoms with Gasteiger partial charge in [0.25, 0.3) is 0 Å². The van der Waals surface area contributed by atoms with E-state index in [4.69, 9.17) is 9.47 Å². The highest BCUT2D eigenvalue weighted by Gasteiger charge is 2.07. The highest BCUT2D eigenvalue weighted by molar-refractivity contribution is 6.10. The Morgan fingerprint density at radius 1 is 0.897 bits per heavy atom. The number of phenolic OH excluding ortho intramolecular Hbond substituents is 1. The van der Waals surface area contributed by atoms with Crippen LogP contribution in [0.2, 0.25) is 0 Å². The number of benzene rings is 2. The minimum absolute atomic E-state index is 0.0199. The molecular formula is C23H25NO5. The average molecular weight is 395 g/mol. The Bertz CT molecular complexity index is 944. The summed E-state index contributed by atoms with van der Waals surface area (Å²) >= 11 is 0. The third-order valence-electron chi connectivity index (χ3n) is 4.16. The number of carbonyl (C=O) groups is 2. The zero-order chi connectivity index (χ0) is 21.4. The molecule has 0 amide bonds. The van der Waals surface area contributed by atoms with E-state index in [9.17, 15) is 14.7 Å². The van der Waals surface area contributed by atoms with Crippen molar-refractivity contribution in [3.8, 4) is 17.2 Å². The van der Waals surface area contributed by atoms with Gasteiger partial charge in [0.05, 0.1) is 26.3 Å². The number of hydrogen-bond donors (Lipinski definition) is 1. The molecule has 0 aromatic heterocycles. The van der Waals surface area contributed by atoms with Crippen molar-refractivity contribution < 1.29 is 24.2 Å². The third kappa shape index (κ3) is 6.24. The van der Waals surface area contributed by atoms with Gasteiger partial charge in [-0.2, -0.15) is 0 Å². The molecule has 0 unspecified atom stereocenters. The molecule has 2 rings (SSSR count). The number of aromatic hydroxyl groups is 1. The van der Waals surface area contributed by atoms with Crippen molar-refractivity contribution in [3.05, 3.63) is 59.7 Å². The van der Waals surface area contributed by atoms with Crippen LogP contribution >= 0.6 is 0 Å². The highest BCUT2D eigenvalue weighted by Crippen LogP contribution is 2.28. The van der Waals surface area contributed by atoms with E-state index in [1.165, 1.54) is 25.3 Å².